The molecule has 1 atom stereocenters. The Bertz CT molecular complexity index is 461. The van der Waals surface area contributed by atoms with Crippen LogP contribution in [0.15, 0.2) is 29.2 Å². The number of carbonyl (C=O) groups is 1. The third kappa shape index (κ3) is 5.25. The summed E-state index contributed by atoms with van der Waals surface area (Å²) in [6.45, 7) is 2.04. The van der Waals surface area contributed by atoms with Crippen molar-refractivity contribution in [1.82, 2.24) is 10.2 Å². The van der Waals surface area contributed by atoms with Crippen molar-refractivity contribution in [2.24, 2.45) is 0 Å². The first-order valence-corrected chi connectivity index (χ1v) is 8.65. The van der Waals surface area contributed by atoms with Crippen molar-refractivity contribution in [2.45, 2.75) is 36.8 Å². The predicted octanol–water partition coefficient (Wildman–Crippen LogP) is 3.12. The van der Waals surface area contributed by atoms with Crippen molar-refractivity contribution in [1.29, 1.82) is 0 Å². The Kier molecular flexibility index (Phi) is 6.39. The van der Waals surface area contributed by atoms with Crippen LogP contribution >= 0.6 is 11.8 Å². The monoisotopic (exact) mass is 308 g/mol. The van der Waals surface area contributed by atoms with E-state index in [0.717, 1.165) is 25.0 Å². The molecule has 1 aromatic rings. The molecule has 5 heteroatoms. The Hall–Kier alpha value is -1.20. The molecule has 1 unspecified atom stereocenters. The summed E-state index contributed by atoms with van der Waals surface area (Å²) in [5.41, 5.74) is 1.15. The molecule has 21 heavy (non-hydrogen) atoms. The molecular weight excluding hydrogens is 284 g/mol. The summed E-state index contributed by atoms with van der Waals surface area (Å²) in [6.07, 6.45) is 5.60. The van der Waals surface area contributed by atoms with E-state index < -0.39 is 0 Å². The van der Waals surface area contributed by atoms with Crippen LogP contribution in [0, 0.1) is 0 Å². The summed E-state index contributed by atoms with van der Waals surface area (Å²) in [5.74, 6) is 0. The summed E-state index contributed by atoms with van der Waals surface area (Å²) in [4.78, 5) is 15.0. The smallest absolute Gasteiger partial charge is 0.317 e. The van der Waals surface area contributed by atoms with Crippen molar-refractivity contribution in [2.75, 3.05) is 26.5 Å². The van der Waals surface area contributed by atoms with Crippen LogP contribution in [0.1, 0.15) is 24.8 Å². The molecule has 1 saturated heterocycles. The molecule has 0 bridgehead atoms. The number of benzene rings is 1. The standard InChI is InChI=1S/C16H24N2O2S/c1-18(12-13-6-5-8-15(10-13)21-2)16(19)17-11-14-7-3-4-9-20-14/h5-6,8,10,14H,3-4,7,9,11-12H2,1-2H3,(H,17,19). The second kappa shape index (κ2) is 8.29. The lowest BCUT2D eigenvalue weighted by molar-refractivity contribution is 0.0178. The molecule has 1 aromatic carbocycles. The Labute approximate surface area is 131 Å². The SMILES string of the molecule is CSc1cccc(CN(C)C(=O)NCC2CCCCO2)c1. The molecule has 2 rings (SSSR count). The van der Waals surface area contributed by atoms with Crippen LogP contribution in [-0.4, -0.2) is 43.5 Å². The van der Waals surface area contributed by atoms with Gasteiger partial charge in [0.1, 0.15) is 0 Å². The Morgan fingerprint density at radius 2 is 2.33 bits per heavy atom. The zero-order valence-electron chi connectivity index (χ0n) is 12.8. The van der Waals surface area contributed by atoms with Gasteiger partial charge in [-0.3, -0.25) is 0 Å². The van der Waals surface area contributed by atoms with E-state index in [4.69, 9.17) is 4.74 Å². The fourth-order valence-electron chi connectivity index (χ4n) is 2.42. The topological polar surface area (TPSA) is 41.6 Å². The highest BCUT2D eigenvalue weighted by molar-refractivity contribution is 7.98. The van der Waals surface area contributed by atoms with Gasteiger partial charge in [0.15, 0.2) is 0 Å². The van der Waals surface area contributed by atoms with Gasteiger partial charge in [0.05, 0.1) is 6.10 Å². The Balaban J connectivity index is 1.78. The molecule has 0 radical (unpaired) electrons. The quantitative estimate of drug-likeness (QED) is 0.850. The number of hydrogen-bond acceptors (Lipinski definition) is 3. The van der Waals surface area contributed by atoms with Crippen LogP contribution in [0.3, 0.4) is 0 Å². The van der Waals surface area contributed by atoms with E-state index in [2.05, 4.69) is 23.7 Å². The number of urea groups is 1. The third-order valence-electron chi connectivity index (χ3n) is 3.66. The second-order valence-electron chi connectivity index (χ2n) is 5.38. The molecule has 116 valence electrons. The maximum Gasteiger partial charge on any atom is 0.317 e. The van der Waals surface area contributed by atoms with Crippen LogP contribution in [0.4, 0.5) is 4.79 Å². The molecule has 2 amide bonds. The Morgan fingerprint density at radius 3 is 3.05 bits per heavy atom. The van der Waals surface area contributed by atoms with Crippen molar-refractivity contribution in [3.8, 4) is 0 Å². The molecule has 1 heterocycles. The number of nitrogens with zero attached hydrogens (tertiary/aromatic N) is 1. The van der Waals surface area contributed by atoms with Gasteiger partial charge < -0.3 is 15.0 Å². The van der Waals surface area contributed by atoms with Gasteiger partial charge in [0.2, 0.25) is 0 Å². The van der Waals surface area contributed by atoms with E-state index in [-0.39, 0.29) is 12.1 Å². The lowest BCUT2D eigenvalue weighted by atomic mass is 10.1. The maximum absolute atomic E-state index is 12.1. The van der Waals surface area contributed by atoms with Gasteiger partial charge in [0.25, 0.3) is 0 Å². The molecule has 1 aliphatic heterocycles. The highest BCUT2D eigenvalue weighted by Gasteiger charge is 2.16. The maximum atomic E-state index is 12.1. The van der Waals surface area contributed by atoms with Gasteiger partial charge in [-0.25, -0.2) is 4.79 Å². The fourth-order valence-corrected chi connectivity index (χ4v) is 2.90. The number of amides is 2. The number of hydrogen-bond donors (Lipinski definition) is 1. The normalized spacial score (nSPS) is 18.3. The second-order valence-corrected chi connectivity index (χ2v) is 6.26. The zero-order valence-corrected chi connectivity index (χ0v) is 13.6. The molecule has 1 aliphatic rings. The van der Waals surface area contributed by atoms with Crippen molar-refractivity contribution >= 4 is 17.8 Å². The first-order chi connectivity index (χ1) is 10.2. The minimum Gasteiger partial charge on any atom is -0.376 e. The van der Waals surface area contributed by atoms with Crippen LogP contribution < -0.4 is 5.32 Å². The van der Waals surface area contributed by atoms with Gasteiger partial charge in [-0.1, -0.05) is 12.1 Å². The number of nitrogens with one attached hydrogen (secondary N) is 1. The zero-order chi connectivity index (χ0) is 15.1. The molecule has 0 aromatic heterocycles. The molecule has 0 saturated carbocycles. The van der Waals surface area contributed by atoms with E-state index >= 15 is 0 Å². The van der Waals surface area contributed by atoms with Crippen molar-refractivity contribution in [3.05, 3.63) is 29.8 Å². The van der Waals surface area contributed by atoms with Crippen molar-refractivity contribution < 1.29 is 9.53 Å². The summed E-state index contributed by atoms with van der Waals surface area (Å²) >= 11 is 1.71. The van der Waals surface area contributed by atoms with E-state index in [1.165, 1.54) is 11.3 Å². The first-order valence-electron chi connectivity index (χ1n) is 7.42. The van der Waals surface area contributed by atoms with Crippen LogP contribution in [-0.2, 0) is 11.3 Å². The molecule has 1 fully saturated rings. The minimum absolute atomic E-state index is 0.0428. The van der Waals surface area contributed by atoms with Gasteiger partial charge >= 0.3 is 6.03 Å². The molecule has 1 N–H and O–H groups in total. The minimum atomic E-state index is -0.0428. The third-order valence-corrected chi connectivity index (χ3v) is 4.38. The Morgan fingerprint density at radius 1 is 1.48 bits per heavy atom. The number of ether oxygens (including phenoxy) is 1. The van der Waals surface area contributed by atoms with E-state index in [1.807, 2.05) is 19.2 Å². The van der Waals surface area contributed by atoms with Crippen LogP contribution in [0.5, 0.6) is 0 Å². The van der Waals surface area contributed by atoms with Crippen LogP contribution in [0.2, 0.25) is 0 Å². The summed E-state index contributed by atoms with van der Waals surface area (Å²) in [7, 11) is 1.82. The van der Waals surface area contributed by atoms with Crippen LogP contribution in [0.25, 0.3) is 0 Å². The van der Waals surface area contributed by atoms with E-state index in [1.54, 1.807) is 16.7 Å². The predicted molar refractivity (Wildman–Crippen MR) is 86.7 cm³/mol. The van der Waals surface area contributed by atoms with Gasteiger partial charge in [-0.2, -0.15) is 0 Å². The van der Waals surface area contributed by atoms with Crippen molar-refractivity contribution in [3.63, 3.8) is 0 Å². The lowest BCUT2D eigenvalue weighted by Gasteiger charge is -2.24. The summed E-state index contributed by atoms with van der Waals surface area (Å²) in [6, 6.07) is 8.24. The van der Waals surface area contributed by atoms with E-state index in [0.29, 0.717) is 13.1 Å². The van der Waals surface area contributed by atoms with Gasteiger partial charge in [-0.15, -0.1) is 11.8 Å². The molecule has 0 aliphatic carbocycles. The average molecular weight is 308 g/mol. The lowest BCUT2D eigenvalue weighted by Crippen LogP contribution is -2.41. The summed E-state index contributed by atoms with van der Waals surface area (Å²) in [5, 5.41) is 2.96. The molecule has 4 nitrogen and oxygen atoms in total. The first kappa shape index (κ1) is 16.2. The average Bonchev–Trinajstić information content (AvgIpc) is 2.53. The number of carbonyl (C=O) groups excluding carboxylic acids is 1. The fraction of sp³-hybridized carbons (Fsp3) is 0.562. The van der Waals surface area contributed by atoms with E-state index in [9.17, 15) is 4.79 Å². The largest absolute Gasteiger partial charge is 0.376 e. The molecule has 0 spiro atoms. The molecular formula is C16H24N2O2S. The number of rotatable bonds is 5. The number of thioether (sulfide) groups is 1. The highest BCUT2D eigenvalue weighted by atomic mass is 32.2. The summed E-state index contributed by atoms with van der Waals surface area (Å²) < 4.78 is 5.62. The van der Waals surface area contributed by atoms with Gasteiger partial charge in [-0.05, 0) is 43.2 Å². The highest BCUT2D eigenvalue weighted by Crippen LogP contribution is 2.17. The van der Waals surface area contributed by atoms with Gasteiger partial charge in [0, 0.05) is 31.6 Å².